The van der Waals surface area contributed by atoms with E-state index in [-0.39, 0.29) is 29.1 Å². The van der Waals surface area contributed by atoms with Gasteiger partial charge in [0.05, 0.1) is 12.0 Å². The first-order valence-corrected chi connectivity index (χ1v) is 28.1. The van der Waals surface area contributed by atoms with E-state index in [4.69, 9.17) is 26.8 Å². The van der Waals surface area contributed by atoms with Crippen LogP contribution >= 0.6 is 22.7 Å². The highest BCUT2D eigenvalue weighted by Crippen LogP contribution is 2.50. The molecule has 6 aromatic rings. The van der Waals surface area contributed by atoms with E-state index < -0.39 is 39.2 Å². The summed E-state index contributed by atoms with van der Waals surface area (Å²) in [5.74, 6) is 1.20. The Bertz CT molecular complexity index is 2650. The van der Waals surface area contributed by atoms with Gasteiger partial charge in [-0.25, -0.2) is 0 Å². The van der Waals surface area contributed by atoms with Crippen LogP contribution in [0, 0.1) is 27.6 Å². The van der Waals surface area contributed by atoms with Gasteiger partial charge in [-0.2, -0.15) is 0 Å². The van der Waals surface area contributed by atoms with Crippen LogP contribution in [0.2, 0.25) is 0 Å². The molecule has 388 valence electrons. The molecule has 6 rings (SSSR count). The second-order valence-corrected chi connectivity index (χ2v) is 28.7. The Morgan fingerprint density at radius 1 is 0.542 bits per heavy atom. The van der Waals surface area contributed by atoms with E-state index >= 15 is 0 Å². The Balaban J connectivity index is 1.28. The summed E-state index contributed by atoms with van der Waals surface area (Å²) in [5, 5.41) is 2.42. The fourth-order valence-corrected chi connectivity index (χ4v) is 14.2. The maximum absolute atomic E-state index is 14.1. The fraction of sp³-hybridized carbons (Fsp3) is 0.547. The number of aryl methyl sites for hydroxylation is 2. The molecule has 2 atom stereocenters. The average molecular weight is 1010 g/mol. The summed E-state index contributed by atoms with van der Waals surface area (Å²) in [6, 6.07) is 34.9. The Labute approximate surface area is 444 Å². The molecule has 0 aliphatic heterocycles. The maximum atomic E-state index is 14.1. The molecular formula is C64H87BO5S2. The van der Waals surface area contributed by atoms with Crippen LogP contribution in [0.3, 0.4) is 0 Å². The summed E-state index contributed by atoms with van der Waals surface area (Å²) < 4.78 is 30.3. The molecule has 8 heteroatoms. The van der Waals surface area contributed by atoms with Gasteiger partial charge in [0.2, 0.25) is 0 Å². The van der Waals surface area contributed by atoms with E-state index in [2.05, 4.69) is 208 Å². The second-order valence-electron chi connectivity index (χ2n) is 26.5. The largest absolute Gasteiger partial charge is 0.488 e. The minimum absolute atomic E-state index is 0.0468. The zero-order valence-corrected chi connectivity index (χ0v) is 49.2. The first kappa shape index (κ1) is 57.2. The van der Waals surface area contributed by atoms with Crippen LogP contribution < -0.4 is 9.47 Å². The molecule has 0 aliphatic carbocycles. The van der Waals surface area contributed by atoms with Gasteiger partial charge in [-0.15, -0.1) is 22.7 Å². The highest BCUT2D eigenvalue weighted by atomic mass is 32.1. The molecule has 4 aromatic carbocycles. The summed E-state index contributed by atoms with van der Waals surface area (Å²) in [7, 11) is 7.37. The fourth-order valence-electron chi connectivity index (χ4n) is 11.9. The molecule has 2 unspecified atom stereocenters. The first-order chi connectivity index (χ1) is 33.1. The standard InChI is InChI=1S/C64H87BO5S2/c1-20-42-26-22-24-28-48(42)53-34-44-30-32-46(36-51(44)71-53)67-61(13,14)39-59(9,10)56(70-64(19,65)41-63(17,18)69-55(66)50(58(6,7)8)38-57(3,4)5)60(11,12)40-62(15,16)68-47-33-31-45-35-54(72-52(45)37-47)49-29-25-23-27-43(49)21-2/h22-37,50,56H,20-21,38-41H2,1-19H3. The van der Waals surface area contributed by atoms with Gasteiger partial charge in [-0.3, -0.25) is 4.79 Å². The smallest absolute Gasteiger partial charge is 0.310 e. The van der Waals surface area contributed by atoms with Gasteiger partial charge in [0, 0.05) is 31.1 Å². The van der Waals surface area contributed by atoms with Crippen molar-refractivity contribution in [1.29, 1.82) is 0 Å². The number of carbonyl (C=O) groups is 1. The van der Waals surface area contributed by atoms with Crippen molar-refractivity contribution in [2.75, 3.05) is 0 Å². The van der Waals surface area contributed by atoms with Gasteiger partial charge in [-0.05, 0) is 184 Å². The van der Waals surface area contributed by atoms with Crippen LogP contribution in [-0.4, -0.2) is 42.2 Å². The van der Waals surface area contributed by atoms with Crippen molar-refractivity contribution >= 4 is 56.7 Å². The number of carbonyl (C=O) groups excluding carboxylic acids is 1. The van der Waals surface area contributed by atoms with Crippen LogP contribution in [0.4, 0.5) is 0 Å². The lowest BCUT2D eigenvalue weighted by molar-refractivity contribution is -0.189. The van der Waals surface area contributed by atoms with Crippen LogP contribution in [0.1, 0.15) is 168 Å². The maximum Gasteiger partial charge on any atom is 0.310 e. The SMILES string of the molecule is [B]C(C)(CC(C)(C)OC(=O)C(CC(C)(C)C)C(C)(C)C)OC(C(C)(C)CC(C)(C)Oc1ccc2cc(-c3ccccc3CC)sc2c1)C(C)(C)CC(C)(C)Oc1ccc2cc(-c3ccccc3CC)sc2c1. The number of benzene rings is 4. The molecule has 0 amide bonds. The Kier molecular flexibility index (Phi) is 16.9. The topological polar surface area (TPSA) is 54.0 Å². The van der Waals surface area contributed by atoms with Gasteiger partial charge in [-0.1, -0.05) is 132 Å². The highest BCUT2D eigenvalue weighted by Gasteiger charge is 2.50. The molecule has 0 fully saturated rings. The molecule has 72 heavy (non-hydrogen) atoms. The van der Waals surface area contributed by atoms with E-state index in [9.17, 15) is 4.79 Å². The summed E-state index contributed by atoms with van der Waals surface area (Å²) in [6.07, 6.45) is 3.88. The molecule has 2 radical (unpaired) electrons. The van der Waals surface area contributed by atoms with Crippen LogP contribution in [0.25, 0.3) is 41.1 Å². The molecule has 5 nitrogen and oxygen atoms in total. The molecule has 0 aliphatic rings. The second kappa shape index (κ2) is 21.3. The van der Waals surface area contributed by atoms with Gasteiger partial charge in [0.25, 0.3) is 0 Å². The van der Waals surface area contributed by atoms with Crippen molar-refractivity contribution in [3.05, 3.63) is 108 Å². The lowest BCUT2D eigenvalue weighted by Crippen LogP contribution is -2.55. The van der Waals surface area contributed by atoms with E-state index in [0.29, 0.717) is 19.3 Å². The minimum atomic E-state index is -1.18. The monoisotopic (exact) mass is 1010 g/mol. The van der Waals surface area contributed by atoms with Gasteiger partial charge >= 0.3 is 5.97 Å². The van der Waals surface area contributed by atoms with Crippen molar-refractivity contribution in [2.45, 2.75) is 198 Å². The van der Waals surface area contributed by atoms with Gasteiger partial charge in [0.1, 0.15) is 36.1 Å². The van der Waals surface area contributed by atoms with E-state index in [1.165, 1.54) is 52.2 Å². The summed E-state index contributed by atoms with van der Waals surface area (Å²) in [6.45, 7) is 41.0. The summed E-state index contributed by atoms with van der Waals surface area (Å²) in [5.41, 5.74) is 0.702. The lowest BCUT2D eigenvalue weighted by atomic mass is 9.63. The predicted molar refractivity (Wildman–Crippen MR) is 310 cm³/mol. The molecule has 0 N–H and O–H groups in total. The normalized spacial score (nSPS) is 14.7. The number of hydrogen-bond donors (Lipinski definition) is 0. The number of esters is 1. The van der Waals surface area contributed by atoms with E-state index in [1.54, 1.807) is 0 Å². The minimum Gasteiger partial charge on any atom is -0.488 e. The molecule has 2 heterocycles. The Hall–Kier alpha value is -4.11. The van der Waals surface area contributed by atoms with Gasteiger partial charge in [0.15, 0.2) is 0 Å². The quantitative estimate of drug-likeness (QED) is 0.0531. The predicted octanol–water partition coefficient (Wildman–Crippen LogP) is 18.5. The molecule has 0 bridgehead atoms. The van der Waals surface area contributed by atoms with Crippen LogP contribution in [-0.2, 0) is 27.1 Å². The number of thiophene rings is 2. The third-order valence-electron chi connectivity index (χ3n) is 14.0. The zero-order valence-electron chi connectivity index (χ0n) is 47.6. The number of fused-ring (bicyclic) bond motifs is 2. The molecular weight excluding hydrogens is 924 g/mol. The zero-order chi connectivity index (χ0) is 53.5. The van der Waals surface area contributed by atoms with Crippen molar-refractivity contribution in [3.8, 4) is 32.4 Å². The Morgan fingerprint density at radius 3 is 1.35 bits per heavy atom. The van der Waals surface area contributed by atoms with Crippen molar-refractivity contribution < 1.29 is 23.7 Å². The number of rotatable bonds is 21. The van der Waals surface area contributed by atoms with Crippen molar-refractivity contribution in [2.24, 2.45) is 27.6 Å². The third kappa shape index (κ3) is 14.8. The number of ether oxygens (including phenoxy) is 4. The van der Waals surface area contributed by atoms with Crippen molar-refractivity contribution in [3.63, 3.8) is 0 Å². The molecule has 0 saturated carbocycles. The number of hydrogen-bond acceptors (Lipinski definition) is 7. The van der Waals surface area contributed by atoms with E-state index in [0.717, 1.165) is 24.3 Å². The van der Waals surface area contributed by atoms with Crippen LogP contribution in [0.15, 0.2) is 97.1 Å². The highest BCUT2D eigenvalue weighted by molar-refractivity contribution is 7.22. The third-order valence-corrected chi connectivity index (χ3v) is 16.2. The molecule has 2 aromatic heterocycles. The molecule has 0 saturated heterocycles. The summed E-state index contributed by atoms with van der Waals surface area (Å²) in [4.78, 5) is 16.7. The van der Waals surface area contributed by atoms with Crippen LogP contribution in [0.5, 0.6) is 11.5 Å². The van der Waals surface area contributed by atoms with Crippen molar-refractivity contribution in [1.82, 2.24) is 0 Å². The average Bonchev–Trinajstić information content (AvgIpc) is 3.86. The Morgan fingerprint density at radius 2 is 0.958 bits per heavy atom. The van der Waals surface area contributed by atoms with Gasteiger partial charge < -0.3 is 18.9 Å². The first-order valence-electron chi connectivity index (χ1n) is 26.4. The lowest BCUT2D eigenvalue weighted by Gasteiger charge is -2.52. The van der Waals surface area contributed by atoms with E-state index in [1.807, 2.05) is 43.4 Å². The molecule has 0 spiro atoms. The summed E-state index contributed by atoms with van der Waals surface area (Å²) >= 11 is 3.62.